The summed E-state index contributed by atoms with van der Waals surface area (Å²) in [4.78, 5) is 2.52. The minimum absolute atomic E-state index is 0.739. The first-order chi connectivity index (χ1) is 9.66. The van der Waals surface area contributed by atoms with Gasteiger partial charge in [-0.2, -0.15) is 0 Å². The summed E-state index contributed by atoms with van der Waals surface area (Å²) in [6, 6.07) is 9.12. The van der Waals surface area contributed by atoms with E-state index in [1.165, 1.54) is 43.6 Å². The van der Waals surface area contributed by atoms with Crippen LogP contribution in [-0.4, -0.2) is 19.6 Å². The van der Waals surface area contributed by atoms with E-state index in [4.69, 9.17) is 0 Å². The van der Waals surface area contributed by atoms with Gasteiger partial charge < -0.3 is 10.2 Å². The average Bonchev–Trinajstić information content (AvgIpc) is 2.48. The van der Waals surface area contributed by atoms with E-state index in [0.29, 0.717) is 0 Å². The van der Waals surface area contributed by atoms with Crippen LogP contribution in [-0.2, 0) is 6.54 Å². The van der Waals surface area contributed by atoms with Gasteiger partial charge in [0, 0.05) is 25.3 Å². The highest BCUT2D eigenvalue weighted by atomic mass is 15.1. The number of nitrogens with zero attached hydrogens (tertiary/aromatic N) is 1. The van der Waals surface area contributed by atoms with Crippen molar-refractivity contribution in [1.82, 2.24) is 5.32 Å². The van der Waals surface area contributed by atoms with Crippen molar-refractivity contribution in [2.45, 2.75) is 46.6 Å². The fraction of sp³-hybridized carbons (Fsp3) is 0.667. The Bertz CT molecular complexity index is 377. The Balaban J connectivity index is 1.79. The van der Waals surface area contributed by atoms with E-state index in [1.54, 1.807) is 0 Å². The molecule has 0 spiro atoms. The topological polar surface area (TPSA) is 15.3 Å². The minimum Gasteiger partial charge on any atom is -0.372 e. The predicted octanol–water partition coefficient (Wildman–Crippen LogP) is 4.06. The van der Waals surface area contributed by atoms with Gasteiger partial charge in [0.2, 0.25) is 0 Å². The number of hydrogen-bond acceptors (Lipinski definition) is 2. The smallest absolute Gasteiger partial charge is 0.0366 e. The summed E-state index contributed by atoms with van der Waals surface area (Å²) in [5.41, 5.74) is 2.78. The fourth-order valence-corrected chi connectivity index (χ4v) is 2.66. The van der Waals surface area contributed by atoms with Crippen molar-refractivity contribution in [2.24, 2.45) is 11.8 Å². The van der Waals surface area contributed by atoms with Crippen molar-refractivity contribution in [2.75, 3.05) is 24.5 Å². The van der Waals surface area contributed by atoms with E-state index in [-0.39, 0.29) is 0 Å². The molecule has 1 heterocycles. The molecule has 112 valence electrons. The summed E-state index contributed by atoms with van der Waals surface area (Å²) in [5.74, 6) is 1.49. The van der Waals surface area contributed by atoms with Crippen LogP contribution in [0.4, 0.5) is 5.69 Å². The van der Waals surface area contributed by atoms with Gasteiger partial charge in [-0.25, -0.2) is 0 Å². The van der Waals surface area contributed by atoms with Crippen molar-refractivity contribution >= 4 is 5.69 Å². The lowest BCUT2D eigenvalue weighted by Gasteiger charge is -2.28. The number of nitrogens with one attached hydrogen (secondary N) is 1. The number of hydrogen-bond donors (Lipinski definition) is 1. The lowest BCUT2D eigenvalue weighted by Crippen LogP contribution is -2.29. The van der Waals surface area contributed by atoms with E-state index in [2.05, 4.69) is 55.3 Å². The summed E-state index contributed by atoms with van der Waals surface area (Å²) in [5, 5.41) is 3.57. The van der Waals surface area contributed by atoms with E-state index < -0.39 is 0 Å². The highest BCUT2D eigenvalue weighted by Crippen LogP contribution is 2.20. The summed E-state index contributed by atoms with van der Waals surface area (Å²) in [6.07, 6.45) is 4.08. The van der Waals surface area contributed by atoms with E-state index in [0.717, 1.165) is 24.9 Å². The fourth-order valence-electron chi connectivity index (χ4n) is 2.66. The number of rotatable bonds is 6. The van der Waals surface area contributed by atoms with Crippen LogP contribution in [0.1, 0.15) is 45.6 Å². The zero-order chi connectivity index (χ0) is 14.4. The Morgan fingerprint density at radius 3 is 2.25 bits per heavy atom. The second kappa shape index (κ2) is 7.68. The summed E-state index contributed by atoms with van der Waals surface area (Å²) >= 11 is 0. The van der Waals surface area contributed by atoms with Gasteiger partial charge in [0.05, 0.1) is 0 Å². The zero-order valence-corrected chi connectivity index (χ0v) is 13.4. The maximum atomic E-state index is 3.57. The lowest BCUT2D eigenvalue weighted by molar-refractivity contribution is 0.392. The average molecular weight is 274 g/mol. The molecule has 2 rings (SSSR count). The van der Waals surface area contributed by atoms with Gasteiger partial charge in [0.25, 0.3) is 0 Å². The van der Waals surface area contributed by atoms with Crippen LogP contribution >= 0.6 is 0 Å². The van der Waals surface area contributed by atoms with Gasteiger partial charge in [-0.3, -0.25) is 0 Å². The molecule has 0 bridgehead atoms. The van der Waals surface area contributed by atoms with Gasteiger partial charge in [-0.1, -0.05) is 32.9 Å². The van der Waals surface area contributed by atoms with Gasteiger partial charge in [0.1, 0.15) is 0 Å². The first-order valence-electron chi connectivity index (χ1n) is 8.21. The Kier molecular flexibility index (Phi) is 5.90. The molecule has 1 N–H and O–H groups in total. The molecule has 20 heavy (non-hydrogen) atoms. The molecule has 0 radical (unpaired) electrons. The van der Waals surface area contributed by atoms with Gasteiger partial charge in [-0.05, 0) is 55.3 Å². The summed E-state index contributed by atoms with van der Waals surface area (Å²) in [7, 11) is 0. The predicted molar refractivity (Wildman–Crippen MR) is 88.2 cm³/mol. The quantitative estimate of drug-likeness (QED) is 0.841. The first-order valence-corrected chi connectivity index (χ1v) is 8.21. The van der Waals surface area contributed by atoms with E-state index >= 15 is 0 Å². The third-order valence-electron chi connectivity index (χ3n) is 4.59. The molecule has 1 aromatic rings. The number of anilines is 1. The van der Waals surface area contributed by atoms with E-state index in [1.807, 2.05) is 0 Å². The van der Waals surface area contributed by atoms with Crippen molar-refractivity contribution in [3.63, 3.8) is 0 Å². The third kappa shape index (κ3) is 4.52. The highest BCUT2D eigenvalue weighted by molar-refractivity contribution is 5.47. The Morgan fingerprint density at radius 2 is 1.65 bits per heavy atom. The van der Waals surface area contributed by atoms with Crippen LogP contribution in [0.5, 0.6) is 0 Å². The minimum atomic E-state index is 0.739. The molecule has 1 aromatic carbocycles. The second-order valence-electron chi connectivity index (χ2n) is 6.57. The Morgan fingerprint density at radius 1 is 1.00 bits per heavy atom. The van der Waals surface area contributed by atoms with E-state index in [9.17, 15) is 0 Å². The second-order valence-corrected chi connectivity index (χ2v) is 6.57. The van der Waals surface area contributed by atoms with Crippen LogP contribution in [0.15, 0.2) is 24.3 Å². The summed E-state index contributed by atoms with van der Waals surface area (Å²) in [6.45, 7) is 11.4. The highest BCUT2D eigenvalue weighted by Gasteiger charge is 2.10. The maximum absolute atomic E-state index is 3.57. The number of piperidine rings is 1. The van der Waals surface area contributed by atoms with Gasteiger partial charge in [-0.15, -0.1) is 0 Å². The molecule has 1 aliphatic rings. The molecule has 2 nitrogen and oxygen atoms in total. The molecule has 1 fully saturated rings. The lowest BCUT2D eigenvalue weighted by atomic mass is 9.98. The number of benzene rings is 1. The Labute approximate surface area is 124 Å². The molecular weight excluding hydrogens is 244 g/mol. The van der Waals surface area contributed by atoms with Crippen molar-refractivity contribution in [1.29, 1.82) is 0 Å². The largest absolute Gasteiger partial charge is 0.372 e. The van der Waals surface area contributed by atoms with Crippen LogP contribution in [0, 0.1) is 11.8 Å². The van der Waals surface area contributed by atoms with Gasteiger partial charge >= 0.3 is 0 Å². The van der Waals surface area contributed by atoms with Crippen LogP contribution < -0.4 is 10.2 Å². The van der Waals surface area contributed by atoms with Crippen LogP contribution in [0.25, 0.3) is 0 Å². The van der Waals surface area contributed by atoms with Gasteiger partial charge in [0.15, 0.2) is 0 Å². The molecule has 0 amide bonds. The molecule has 0 aromatic heterocycles. The first kappa shape index (κ1) is 15.4. The molecular formula is C18H30N2. The molecule has 1 saturated heterocycles. The standard InChI is InChI=1S/C18H30N2/c1-15(2)16(3)13-19-14-17-7-9-18(10-8-17)20-11-5-4-6-12-20/h7-10,15-16,19H,4-6,11-14H2,1-3H3. The van der Waals surface area contributed by atoms with Crippen molar-refractivity contribution in [3.8, 4) is 0 Å². The van der Waals surface area contributed by atoms with Crippen LogP contribution in [0.2, 0.25) is 0 Å². The Hall–Kier alpha value is -1.02. The SMILES string of the molecule is CC(C)C(C)CNCc1ccc(N2CCCCC2)cc1. The van der Waals surface area contributed by atoms with Crippen LogP contribution in [0.3, 0.4) is 0 Å². The monoisotopic (exact) mass is 274 g/mol. The summed E-state index contributed by atoms with van der Waals surface area (Å²) < 4.78 is 0. The normalized spacial score (nSPS) is 17.5. The zero-order valence-electron chi connectivity index (χ0n) is 13.4. The molecule has 0 aliphatic carbocycles. The molecule has 1 atom stereocenters. The van der Waals surface area contributed by atoms with Crippen molar-refractivity contribution < 1.29 is 0 Å². The van der Waals surface area contributed by atoms with Crippen molar-refractivity contribution in [3.05, 3.63) is 29.8 Å². The maximum Gasteiger partial charge on any atom is 0.0366 e. The molecule has 2 heteroatoms. The molecule has 1 unspecified atom stereocenters. The molecule has 0 saturated carbocycles. The third-order valence-corrected chi connectivity index (χ3v) is 4.59. The molecule has 1 aliphatic heterocycles.